The Kier molecular flexibility index (Phi) is 8.72. The molecule has 0 spiro atoms. The summed E-state index contributed by atoms with van der Waals surface area (Å²) >= 11 is 0. The van der Waals surface area contributed by atoms with Crippen molar-refractivity contribution in [2.75, 3.05) is 4.90 Å². The maximum atomic E-state index is 4.30. The molecule has 0 heterocycles. The first-order valence-corrected chi connectivity index (χ1v) is 25.4. The maximum absolute atomic E-state index is 4.30. The third-order valence-electron chi connectivity index (χ3n) is 17.1. The van der Waals surface area contributed by atoms with Crippen LogP contribution in [-0.2, 0) is 16.2 Å². The van der Waals surface area contributed by atoms with Gasteiger partial charge in [-0.15, -0.1) is 0 Å². The molecule has 0 bridgehead atoms. The highest BCUT2D eigenvalue weighted by molar-refractivity contribution is 6.07. The first-order valence-electron chi connectivity index (χ1n) is 25.4. The highest BCUT2D eigenvalue weighted by Crippen LogP contribution is 2.57. The molecular formula is C70H55N. The number of nitrogens with zero attached hydrogens (tertiary/aromatic N) is 1. The summed E-state index contributed by atoms with van der Waals surface area (Å²) in [5.74, 6) is 0. The molecule has 0 radical (unpaired) electrons. The van der Waals surface area contributed by atoms with Crippen molar-refractivity contribution in [1.82, 2.24) is 0 Å². The molecule has 71 heavy (non-hydrogen) atoms. The Morgan fingerprint density at radius 3 is 1.23 bits per heavy atom. The lowest BCUT2D eigenvalue weighted by molar-refractivity contribution is 0.631. The van der Waals surface area contributed by atoms with E-state index in [0.717, 1.165) is 29.1 Å². The molecule has 4 aliphatic rings. The predicted molar refractivity (Wildman–Crippen MR) is 305 cm³/mol. The van der Waals surface area contributed by atoms with E-state index in [9.17, 15) is 0 Å². The Hall–Kier alpha value is -8.00. The summed E-state index contributed by atoms with van der Waals surface area (Å²) in [5, 5.41) is 13.0. The van der Waals surface area contributed by atoms with E-state index in [1.54, 1.807) is 0 Å². The Labute approximate surface area is 417 Å². The smallest absolute Gasteiger partial charge is 0.0468 e. The second-order valence-electron chi connectivity index (χ2n) is 22.1. The van der Waals surface area contributed by atoms with Gasteiger partial charge in [0, 0.05) is 33.3 Å². The van der Waals surface area contributed by atoms with Crippen LogP contribution >= 0.6 is 0 Å². The topological polar surface area (TPSA) is 3.24 Å². The number of allylic oxidation sites excluding steroid dienone is 9. The summed E-state index contributed by atoms with van der Waals surface area (Å²) in [6.45, 7) is 18.8. The van der Waals surface area contributed by atoms with E-state index < -0.39 is 0 Å². The molecule has 0 atom stereocenters. The van der Waals surface area contributed by atoms with Crippen LogP contribution in [0.1, 0.15) is 81.3 Å². The van der Waals surface area contributed by atoms with Crippen molar-refractivity contribution >= 4 is 76.5 Å². The van der Waals surface area contributed by atoms with Gasteiger partial charge < -0.3 is 4.90 Å². The molecule has 340 valence electrons. The third-order valence-corrected chi connectivity index (χ3v) is 17.1. The molecule has 4 aliphatic carbocycles. The first kappa shape index (κ1) is 41.9. The van der Waals surface area contributed by atoms with E-state index in [1.807, 2.05) is 0 Å². The van der Waals surface area contributed by atoms with Crippen LogP contribution in [0.25, 0.3) is 81.7 Å². The average molecular weight is 910 g/mol. The standard InChI is InChI=1S/C70H55N/c1-42-15-9-8-10-20-62-56(30-21-42)57-33-24-45-39-48(27-36-53(45)63(57)68(62,2)3)71(49-28-37-54-46(40-49)25-34-60-58-31-22-43-16-11-13-18-51(43)64(58)69(4,5)66(54)60)50-29-38-55-47(41-50)26-35-61-59-32-23-44-17-12-14-19-52(44)65(59)70(6,7)67(55)61/h8-19,21-41H,1,20H2,2-7H3/b10-8-,15-9-,30-21?. The number of benzene rings is 10. The van der Waals surface area contributed by atoms with Gasteiger partial charge >= 0.3 is 0 Å². The average Bonchev–Trinajstić information content (AvgIpc) is 3.87. The molecule has 0 saturated carbocycles. The zero-order valence-electron chi connectivity index (χ0n) is 41.4. The second kappa shape index (κ2) is 14.8. The molecule has 14 rings (SSSR count). The minimum Gasteiger partial charge on any atom is -0.310 e. The Morgan fingerprint density at radius 2 is 0.761 bits per heavy atom. The van der Waals surface area contributed by atoms with E-state index in [1.165, 1.54) is 121 Å². The van der Waals surface area contributed by atoms with Crippen molar-refractivity contribution in [2.24, 2.45) is 0 Å². The quantitative estimate of drug-likeness (QED) is 0.171. The molecule has 10 aromatic rings. The molecule has 1 heteroatoms. The number of rotatable bonds is 3. The lowest BCUT2D eigenvalue weighted by Crippen LogP contribution is -2.18. The fraction of sp³-hybridized carbons (Fsp3) is 0.143. The third kappa shape index (κ3) is 5.87. The van der Waals surface area contributed by atoms with Crippen LogP contribution in [0, 0.1) is 0 Å². The van der Waals surface area contributed by atoms with Crippen molar-refractivity contribution in [3.63, 3.8) is 0 Å². The fourth-order valence-electron chi connectivity index (χ4n) is 14.0. The normalized spacial score (nSPS) is 17.6. The van der Waals surface area contributed by atoms with E-state index in [-0.39, 0.29) is 16.2 Å². The molecule has 0 saturated heterocycles. The van der Waals surface area contributed by atoms with E-state index in [4.69, 9.17) is 0 Å². The molecule has 0 aliphatic heterocycles. The largest absolute Gasteiger partial charge is 0.310 e. The first-order chi connectivity index (χ1) is 34.4. The van der Waals surface area contributed by atoms with Crippen LogP contribution in [0.3, 0.4) is 0 Å². The van der Waals surface area contributed by atoms with Crippen molar-refractivity contribution in [1.29, 1.82) is 0 Å². The Balaban J connectivity index is 0.942. The minimum atomic E-state index is -0.168. The van der Waals surface area contributed by atoms with Crippen LogP contribution < -0.4 is 4.90 Å². The van der Waals surface area contributed by atoms with Gasteiger partial charge in [-0.25, -0.2) is 0 Å². The van der Waals surface area contributed by atoms with Crippen molar-refractivity contribution < 1.29 is 0 Å². The van der Waals surface area contributed by atoms with E-state index in [0.29, 0.717) is 0 Å². The van der Waals surface area contributed by atoms with Gasteiger partial charge in [0.15, 0.2) is 0 Å². The van der Waals surface area contributed by atoms with Gasteiger partial charge in [-0.3, -0.25) is 0 Å². The lowest BCUT2D eigenvalue weighted by Gasteiger charge is -2.29. The Bertz CT molecular complexity index is 3990. The minimum absolute atomic E-state index is 0.152. The number of fused-ring (bicyclic) bond motifs is 18. The maximum Gasteiger partial charge on any atom is 0.0468 e. The molecule has 0 fully saturated rings. The molecular weight excluding hydrogens is 855 g/mol. The summed E-state index contributed by atoms with van der Waals surface area (Å²) < 4.78 is 0. The van der Waals surface area contributed by atoms with Gasteiger partial charge in [-0.1, -0.05) is 212 Å². The van der Waals surface area contributed by atoms with Crippen LogP contribution in [0.5, 0.6) is 0 Å². The highest BCUT2D eigenvalue weighted by Gasteiger charge is 2.41. The van der Waals surface area contributed by atoms with Crippen molar-refractivity contribution in [3.05, 3.63) is 251 Å². The van der Waals surface area contributed by atoms with Crippen molar-refractivity contribution in [2.45, 2.75) is 64.2 Å². The monoisotopic (exact) mass is 909 g/mol. The van der Waals surface area contributed by atoms with Gasteiger partial charge in [-0.2, -0.15) is 0 Å². The summed E-state index contributed by atoms with van der Waals surface area (Å²) in [6.07, 6.45) is 14.0. The molecule has 10 aromatic carbocycles. The summed E-state index contributed by atoms with van der Waals surface area (Å²) in [5.41, 5.74) is 20.5. The molecule has 0 N–H and O–H groups in total. The summed E-state index contributed by atoms with van der Waals surface area (Å²) in [7, 11) is 0. The molecule has 1 nitrogen and oxygen atoms in total. The number of hydrogen-bond donors (Lipinski definition) is 0. The van der Waals surface area contributed by atoms with E-state index >= 15 is 0 Å². The zero-order chi connectivity index (χ0) is 48.1. The van der Waals surface area contributed by atoms with Gasteiger partial charge in [-0.05, 0) is 169 Å². The van der Waals surface area contributed by atoms with Crippen LogP contribution in [0.4, 0.5) is 17.1 Å². The van der Waals surface area contributed by atoms with Gasteiger partial charge in [0.05, 0.1) is 0 Å². The van der Waals surface area contributed by atoms with Crippen LogP contribution in [-0.4, -0.2) is 0 Å². The van der Waals surface area contributed by atoms with Crippen molar-refractivity contribution in [3.8, 4) is 22.3 Å². The zero-order valence-corrected chi connectivity index (χ0v) is 41.4. The Morgan fingerprint density at radius 1 is 0.366 bits per heavy atom. The van der Waals surface area contributed by atoms with Gasteiger partial charge in [0.2, 0.25) is 0 Å². The molecule has 0 unspecified atom stereocenters. The highest BCUT2D eigenvalue weighted by atomic mass is 15.1. The predicted octanol–water partition coefficient (Wildman–Crippen LogP) is 19.2. The summed E-state index contributed by atoms with van der Waals surface area (Å²) in [4.78, 5) is 2.49. The number of anilines is 3. The van der Waals surface area contributed by atoms with E-state index in [2.05, 4.69) is 253 Å². The van der Waals surface area contributed by atoms with Gasteiger partial charge in [0.25, 0.3) is 0 Å². The summed E-state index contributed by atoms with van der Waals surface area (Å²) in [6, 6.07) is 62.8. The molecule has 0 aromatic heterocycles. The lowest BCUT2D eigenvalue weighted by atomic mass is 9.77. The van der Waals surface area contributed by atoms with Crippen LogP contribution in [0.2, 0.25) is 0 Å². The van der Waals surface area contributed by atoms with Gasteiger partial charge in [0.1, 0.15) is 0 Å². The fourth-order valence-corrected chi connectivity index (χ4v) is 14.0. The van der Waals surface area contributed by atoms with Crippen LogP contribution in [0.15, 0.2) is 218 Å². The SMILES string of the molecule is C=C1C=CC2=C(C/C=C\C=C/1)C(C)(C)c1c2ccc2cc(N(c3ccc4c5c(ccc4c3)-c3ccc4ccccc4c3C5(C)C)c3ccc4c5c(ccc4c3)-c3ccc4ccccc4c3C5(C)C)ccc12. The molecule has 0 amide bonds. The second-order valence-corrected chi connectivity index (χ2v) is 22.1. The number of hydrogen-bond acceptors (Lipinski definition) is 1.